The van der Waals surface area contributed by atoms with Crippen LogP contribution in [0.15, 0.2) is 49.1 Å². The topological polar surface area (TPSA) is 364 Å². The highest BCUT2D eigenvalue weighted by Crippen LogP contribution is 2.61. The largest absolute Gasteiger partial charge is 0.481 e. The minimum Gasteiger partial charge on any atom is -0.386 e. The van der Waals surface area contributed by atoms with Gasteiger partial charge in [0.05, 0.1) is 19.5 Å². The molecule has 28 heteroatoms. The number of aliphatic hydroxyl groups is 2. The average molecular weight is 958 g/mol. The molecule has 7 atom stereocenters. The van der Waals surface area contributed by atoms with E-state index < -0.39 is 84.6 Å². The molecule has 1 aliphatic rings. The molecule has 1 saturated heterocycles. The molecule has 0 spiro atoms. The quantitative estimate of drug-likeness (QED) is 0.0268. The number of fused-ring (bicyclic) bond motifs is 1. The van der Waals surface area contributed by atoms with Gasteiger partial charge < -0.3 is 50.9 Å². The number of hydrogen-bond acceptors (Lipinski definition) is 18. The predicted octanol–water partition coefficient (Wildman–Crippen LogP) is 2.30. The lowest BCUT2D eigenvalue weighted by atomic mass is 9.87. The number of carbonyl (C=O) groups excluding carboxylic acids is 3. The van der Waals surface area contributed by atoms with Gasteiger partial charge in [0.15, 0.2) is 17.7 Å². The Morgan fingerprint density at radius 3 is 2.42 bits per heavy atom. The van der Waals surface area contributed by atoms with Gasteiger partial charge in [0.2, 0.25) is 16.9 Å². The van der Waals surface area contributed by atoms with E-state index in [0.717, 1.165) is 41.8 Å². The van der Waals surface area contributed by atoms with Crippen LogP contribution in [0.5, 0.6) is 0 Å². The zero-order valence-corrected chi connectivity index (χ0v) is 37.6. The number of nitrogen functional groups attached to an aromatic ring is 1. The number of thioether (sulfide) groups is 1. The Kier molecular flexibility index (Phi) is 21.2. The van der Waals surface area contributed by atoms with Crippen molar-refractivity contribution in [3.05, 3.63) is 49.1 Å². The lowest BCUT2D eigenvalue weighted by Crippen LogP contribution is -2.46. The molecule has 62 heavy (non-hydrogen) atoms. The van der Waals surface area contributed by atoms with Gasteiger partial charge in [-0.15, -0.1) is 0 Å². The second-order valence-electron chi connectivity index (χ2n) is 14.3. The summed E-state index contributed by atoms with van der Waals surface area (Å²) in [6.07, 6.45) is 9.49. The zero-order chi connectivity index (χ0) is 46.1. The molecule has 10 N–H and O–H groups in total. The van der Waals surface area contributed by atoms with Crippen molar-refractivity contribution < 1.29 is 80.5 Å². The third kappa shape index (κ3) is 18.1. The van der Waals surface area contributed by atoms with Gasteiger partial charge in [0.1, 0.15) is 36.3 Å². The molecule has 348 valence electrons. The Hall–Kier alpha value is -3.22. The first-order chi connectivity index (χ1) is 29.1. The van der Waals surface area contributed by atoms with Crippen molar-refractivity contribution >= 4 is 69.1 Å². The average Bonchev–Trinajstić information content (AvgIpc) is 3.75. The summed E-state index contributed by atoms with van der Waals surface area (Å²) in [5.41, 5.74) is 4.26. The maximum atomic E-state index is 12.7. The third-order valence-electron chi connectivity index (χ3n) is 8.67. The highest BCUT2D eigenvalue weighted by atomic mass is 32.2. The van der Waals surface area contributed by atoms with Crippen molar-refractivity contribution in [2.75, 3.05) is 37.8 Å². The van der Waals surface area contributed by atoms with Crippen molar-refractivity contribution in [1.29, 1.82) is 0 Å². The molecule has 0 bridgehead atoms. The number of nitrogens with two attached hydrogens (primary N) is 1. The first-order valence-electron chi connectivity index (χ1n) is 19.1. The normalized spacial score (nSPS) is 21.1. The number of ether oxygens (including phenoxy) is 1. The van der Waals surface area contributed by atoms with Crippen molar-refractivity contribution in [2.24, 2.45) is 5.41 Å². The van der Waals surface area contributed by atoms with E-state index in [9.17, 15) is 57.9 Å². The second kappa shape index (κ2) is 24.7. The molecule has 0 saturated carbocycles. The van der Waals surface area contributed by atoms with E-state index in [1.807, 2.05) is 12.2 Å². The number of phosphoric acid groups is 3. The molecule has 2 aromatic heterocycles. The van der Waals surface area contributed by atoms with E-state index in [1.165, 1.54) is 39.2 Å². The molecule has 1 aliphatic heterocycles. The summed E-state index contributed by atoms with van der Waals surface area (Å²) in [5, 5.41) is 26.3. The van der Waals surface area contributed by atoms with Crippen molar-refractivity contribution in [2.45, 2.75) is 89.9 Å². The Labute approximate surface area is 361 Å². The maximum Gasteiger partial charge on any atom is 0.481 e. The minimum atomic E-state index is -5.58. The summed E-state index contributed by atoms with van der Waals surface area (Å²) in [6, 6.07) is 0. The van der Waals surface area contributed by atoms with Crippen molar-refractivity contribution in [1.82, 2.24) is 30.2 Å². The molecule has 0 aliphatic carbocycles. The molecule has 0 aromatic carbocycles. The molecule has 24 nitrogen and oxygen atoms in total. The van der Waals surface area contributed by atoms with Gasteiger partial charge in [0.25, 0.3) is 0 Å². The monoisotopic (exact) mass is 957 g/mol. The standard InChI is InChI=1S/C34H54N7O17P3S/c1-4-5-6-7-8-9-10-11-12-13-14-25(43)62-18-17-36-24(42)15-16-37-32(46)29(45)34(2,3)20-55-61(52,53)58-60(50,51)54-19-23-28(57-59(47,48)49)27(44)33(56-23)41-22-40-26-30(35)38-21-39-31(26)41/h9-14,21-23,27-29,33,44-45H,4-8,15-20H2,1-3H3,(H,36,42)(H,37,46)(H,50,51)(H,52,53)(H2,35,38,39)(H2,47,48,49)/b10-9+,12-11+,14-13+. The fraction of sp³-hybridized carbons (Fsp3) is 0.588. The van der Waals surface area contributed by atoms with E-state index in [0.29, 0.717) is 5.75 Å². The second-order valence-corrected chi connectivity index (χ2v) is 19.6. The summed E-state index contributed by atoms with van der Waals surface area (Å²) in [6.45, 7) is 2.61. The number of phosphoric ester groups is 3. The van der Waals surface area contributed by atoms with Crippen LogP contribution < -0.4 is 16.4 Å². The number of unbranched alkanes of at least 4 members (excludes halogenated alkanes) is 4. The van der Waals surface area contributed by atoms with Gasteiger partial charge in [-0.05, 0) is 18.9 Å². The number of aromatic nitrogens is 4. The van der Waals surface area contributed by atoms with Gasteiger partial charge in [0, 0.05) is 30.7 Å². The van der Waals surface area contributed by atoms with Crippen molar-refractivity contribution in [3.63, 3.8) is 0 Å². The predicted molar refractivity (Wildman–Crippen MR) is 223 cm³/mol. The van der Waals surface area contributed by atoms with Crippen LogP contribution in [0.2, 0.25) is 0 Å². The molecule has 1 fully saturated rings. The van der Waals surface area contributed by atoms with Crippen LogP contribution in [0.1, 0.15) is 65.5 Å². The molecule has 2 amide bonds. The number of rotatable bonds is 27. The lowest BCUT2D eigenvalue weighted by Gasteiger charge is -2.30. The third-order valence-corrected chi connectivity index (χ3v) is 12.6. The van der Waals surface area contributed by atoms with Crippen LogP contribution in [0, 0.1) is 5.41 Å². The number of nitrogens with one attached hydrogen (secondary N) is 2. The van der Waals surface area contributed by atoms with Gasteiger partial charge in [-0.1, -0.05) is 82.2 Å². The lowest BCUT2D eigenvalue weighted by molar-refractivity contribution is -0.137. The summed E-state index contributed by atoms with van der Waals surface area (Å²) >= 11 is 1.01. The van der Waals surface area contributed by atoms with Crippen LogP contribution in [0.4, 0.5) is 5.82 Å². The van der Waals surface area contributed by atoms with Crippen LogP contribution in [-0.4, -0.2) is 123 Å². The Bertz CT molecular complexity index is 2050. The van der Waals surface area contributed by atoms with Crippen LogP contribution in [0.3, 0.4) is 0 Å². The highest BCUT2D eigenvalue weighted by Gasteiger charge is 2.50. The first kappa shape index (κ1) is 53.1. The van der Waals surface area contributed by atoms with Gasteiger partial charge >= 0.3 is 23.5 Å². The number of imidazole rings is 1. The van der Waals surface area contributed by atoms with E-state index in [2.05, 4.69) is 47.4 Å². The summed E-state index contributed by atoms with van der Waals surface area (Å²) in [5.74, 6) is -1.17. The minimum absolute atomic E-state index is 0.0294. The smallest absolute Gasteiger partial charge is 0.386 e. The zero-order valence-electron chi connectivity index (χ0n) is 34.1. The molecular formula is C34H54N7O17P3S. The molecule has 3 rings (SSSR count). The van der Waals surface area contributed by atoms with Crippen LogP contribution in [0.25, 0.3) is 11.2 Å². The number of nitrogens with zero attached hydrogens (tertiary/aromatic N) is 4. The molecule has 7 unspecified atom stereocenters. The van der Waals surface area contributed by atoms with Crippen molar-refractivity contribution in [3.8, 4) is 0 Å². The summed E-state index contributed by atoms with van der Waals surface area (Å²) in [4.78, 5) is 87.9. The molecule has 3 heterocycles. The summed E-state index contributed by atoms with van der Waals surface area (Å²) < 4.78 is 62.3. The summed E-state index contributed by atoms with van der Waals surface area (Å²) in [7, 11) is -16.4. The van der Waals surface area contributed by atoms with E-state index >= 15 is 0 Å². The number of amides is 2. The number of allylic oxidation sites excluding steroid dienone is 5. The fourth-order valence-corrected chi connectivity index (χ4v) is 8.87. The highest BCUT2D eigenvalue weighted by molar-refractivity contribution is 8.14. The van der Waals surface area contributed by atoms with E-state index in [4.69, 9.17) is 19.5 Å². The van der Waals surface area contributed by atoms with E-state index in [-0.39, 0.29) is 41.6 Å². The number of carbonyl (C=O) groups is 3. The maximum absolute atomic E-state index is 12.7. The number of aliphatic hydroxyl groups excluding tert-OH is 2. The SMILES string of the molecule is CCCCCC/C=C/C=C/C=C/C(=O)SCCNC(=O)CCNC(=O)C(O)C(C)(C)COP(=O)(O)OP(=O)(O)OCC1OC(n2cnc3c(N)ncnc32)C(O)C1OP(=O)(O)O. The molecule has 2 aromatic rings. The van der Waals surface area contributed by atoms with Gasteiger partial charge in [-0.2, -0.15) is 4.31 Å². The van der Waals surface area contributed by atoms with Crippen LogP contribution >= 0.6 is 35.2 Å². The number of anilines is 1. The Morgan fingerprint density at radius 2 is 1.71 bits per heavy atom. The van der Waals surface area contributed by atoms with Gasteiger partial charge in [-0.3, -0.25) is 32.5 Å². The molecular weight excluding hydrogens is 903 g/mol. The van der Waals surface area contributed by atoms with E-state index in [1.54, 1.807) is 12.2 Å². The Morgan fingerprint density at radius 1 is 1.00 bits per heavy atom. The van der Waals surface area contributed by atoms with Crippen LogP contribution in [-0.2, 0) is 50.7 Å². The Balaban J connectivity index is 1.40. The fourth-order valence-electron chi connectivity index (χ4n) is 5.46. The first-order valence-corrected chi connectivity index (χ1v) is 24.6. The van der Waals surface area contributed by atoms with Gasteiger partial charge in [-0.25, -0.2) is 28.6 Å². The number of hydrogen-bond donors (Lipinski definition) is 9. The molecule has 0 radical (unpaired) electrons.